The molecule has 2 rings (SSSR count). The van der Waals surface area contributed by atoms with E-state index in [0.717, 1.165) is 25.9 Å². The number of carbonyl (C=O) groups excluding carboxylic acids is 1. The molecule has 0 bridgehead atoms. The molecular formula is C11H14O3S. The summed E-state index contributed by atoms with van der Waals surface area (Å²) in [5.41, 5.74) is 0. The van der Waals surface area contributed by atoms with E-state index in [-0.39, 0.29) is 5.97 Å². The van der Waals surface area contributed by atoms with Gasteiger partial charge in [-0.15, -0.1) is 11.3 Å². The summed E-state index contributed by atoms with van der Waals surface area (Å²) in [6.07, 6.45) is 3.33. The molecule has 4 heteroatoms. The van der Waals surface area contributed by atoms with Gasteiger partial charge in [-0.1, -0.05) is 6.07 Å². The lowest BCUT2D eigenvalue weighted by Gasteiger charge is -2.08. The zero-order valence-electron chi connectivity index (χ0n) is 8.48. The predicted octanol–water partition coefficient (Wildman–Crippen LogP) is 2.47. The summed E-state index contributed by atoms with van der Waals surface area (Å²) in [6, 6.07) is 3.63. The van der Waals surface area contributed by atoms with E-state index in [1.54, 1.807) is 6.07 Å². The molecule has 0 aliphatic carbocycles. The van der Waals surface area contributed by atoms with Crippen LogP contribution in [0.15, 0.2) is 17.5 Å². The molecule has 0 N–H and O–H groups in total. The van der Waals surface area contributed by atoms with E-state index < -0.39 is 0 Å². The van der Waals surface area contributed by atoms with Crippen LogP contribution in [0.4, 0.5) is 0 Å². The summed E-state index contributed by atoms with van der Waals surface area (Å²) < 4.78 is 10.6. The molecular weight excluding hydrogens is 212 g/mol. The summed E-state index contributed by atoms with van der Waals surface area (Å²) in [6.45, 7) is 1.31. The third kappa shape index (κ3) is 3.04. The highest BCUT2D eigenvalue weighted by atomic mass is 32.1. The summed E-state index contributed by atoms with van der Waals surface area (Å²) >= 11 is 1.41. The molecule has 0 radical (unpaired) electrons. The first-order valence-corrected chi connectivity index (χ1v) is 6.06. The Morgan fingerprint density at radius 2 is 2.60 bits per heavy atom. The first kappa shape index (κ1) is 10.6. The van der Waals surface area contributed by atoms with Crippen LogP contribution in [0.2, 0.25) is 0 Å². The Bertz CT molecular complexity index is 302. The van der Waals surface area contributed by atoms with Crippen LogP contribution in [0.3, 0.4) is 0 Å². The van der Waals surface area contributed by atoms with Crippen molar-refractivity contribution < 1.29 is 14.3 Å². The topological polar surface area (TPSA) is 35.5 Å². The minimum atomic E-state index is -0.219. The Kier molecular flexibility index (Phi) is 3.75. The second-order valence-electron chi connectivity index (χ2n) is 3.54. The Balaban J connectivity index is 1.67. The van der Waals surface area contributed by atoms with Crippen molar-refractivity contribution in [3.63, 3.8) is 0 Å². The SMILES string of the molecule is O=C(OCC[C@H]1CCCO1)c1cccs1. The molecule has 0 unspecified atom stereocenters. The van der Waals surface area contributed by atoms with Gasteiger partial charge in [0.25, 0.3) is 0 Å². The van der Waals surface area contributed by atoms with Crippen molar-refractivity contribution in [2.24, 2.45) is 0 Å². The minimum absolute atomic E-state index is 0.219. The maximum Gasteiger partial charge on any atom is 0.348 e. The highest BCUT2D eigenvalue weighted by molar-refractivity contribution is 7.11. The Labute approximate surface area is 93.0 Å². The third-order valence-electron chi connectivity index (χ3n) is 2.42. The van der Waals surface area contributed by atoms with Gasteiger partial charge in [0.05, 0.1) is 12.7 Å². The van der Waals surface area contributed by atoms with E-state index in [1.807, 2.05) is 11.4 Å². The summed E-state index contributed by atoms with van der Waals surface area (Å²) in [4.78, 5) is 12.1. The maximum absolute atomic E-state index is 11.4. The van der Waals surface area contributed by atoms with E-state index >= 15 is 0 Å². The van der Waals surface area contributed by atoms with Crippen LogP contribution < -0.4 is 0 Å². The molecule has 1 aromatic heterocycles. The Morgan fingerprint density at radius 3 is 3.27 bits per heavy atom. The molecule has 1 atom stereocenters. The van der Waals surface area contributed by atoms with Crippen LogP contribution in [-0.4, -0.2) is 25.3 Å². The van der Waals surface area contributed by atoms with Gasteiger partial charge in [0, 0.05) is 13.0 Å². The third-order valence-corrected chi connectivity index (χ3v) is 3.27. The molecule has 1 fully saturated rings. The van der Waals surface area contributed by atoms with Gasteiger partial charge in [0.2, 0.25) is 0 Å². The van der Waals surface area contributed by atoms with Crippen LogP contribution in [0.25, 0.3) is 0 Å². The average molecular weight is 226 g/mol. The molecule has 1 aliphatic rings. The molecule has 0 spiro atoms. The van der Waals surface area contributed by atoms with Crippen molar-refractivity contribution in [2.75, 3.05) is 13.2 Å². The maximum atomic E-state index is 11.4. The van der Waals surface area contributed by atoms with Gasteiger partial charge < -0.3 is 9.47 Å². The van der Waals surface area contributed by atoms with Crippen LogP contribution in [0.1, 0.15) is 28.9 Å². The van der Waals surface area contributed by atoms with Gasteiger partial charge in [-0.2, -0.15) is 0 Å². The lowest BCUT2D eigenvalue weighted by Crippen LogP contribution is -2.12. The largest absolute Gasteiger partial charge is 0.461 e. The molecule has 1 aliphatic heterocycles. The first-order chi connectivity index (χ1) is 7.36. The van der Waals surface area contributed by atoms with Gasteiger partial charge >= 0.3 is 5.97 Å². The van der Waals surface area contributed by atoms with E-state index in [9.17, 15) is 4.79 Å². The summed E-state index contributed by atoms with van der Waals surface area (Å²) in [5.74, 6) is -0.219. The number of esters is 1. The van der Waals surface area contributed by atoms with Crippen molar-refractivity contribution in [1.29, 1.82) is 0 Å². The van der Waals surface area contributed by atoms with Crippen molar-refractivity contribution in [2.45, 2.75) is 25.4 Å². The van der Waals surface area contributed by atoms with Gasteiger partial charge in [0.1, 0.15) is 4.88 Å². The number of hydrogen-bond acceptors (Lipinski definition) is 4. The van der Waals surface area contributed by atoms with Crippen LogP contribution in [0, 0.1) is 0 Å². The predicted molar refractivity (Wildman–Crippen MR) is 58.2 cm³/mol. The lowest BCUT2D eigenvalue weighted by molar-refractivity contribution is 0.0391. The van der Waals surface area contributed by atoms with Crippen LogP contribution in [-0.2, 0) is 9.47 Å². The number of thiophene rings is 1. The number of carbonyl (C=O) groups is 1. The van der Waals surface area contributed by atoms with E-state index in [4.69, 9.17) is 9.47 Å². The van der Waals surface area contributed by atoms with Gasteiger partial charge in [0.15, 0.2) is 0 Å². The normalized spacial score (nSPS) is 20.4. The molecule has 82 valence electrons. The highest BCUT2D eigenvalue weighted by Crippen LogP contribution is 2.16. The molecule has 0 amide bonds. The van der Waals surface area contributed by atoms with Gasteiger partial charge in [-0.3, -0.25) is 0 Å². The number of rotatable bonds is 4. The molecule has 1 aromatic rings. The second-order valence-corrected chi connectivity index (χ2v) is 4.48. The number of hydrogen-bond donors (Lipinski definition) is 0. The van der Waals surface area contributed by atoms with E-state index in [0.29, 0.717) is 17.6 Å². The van der Waals surface area contributed by atoms with Crippen LogP contribution >= 0.6 is 11.3 Å². The molecule has 3 nitrogen and oxygen atoms in total. The molecule has 15 heavy (non-hydrogen) atoms. The number of ether oxygens (including phenoxy) is 2. The fourth-order valence-electron chi connectivity index (χ4n) is 1.62. The van der Waals surface area contributed by atoms with E-state index in [2.05, 4.69) is 0 Å². The van der Waals surface area contributed by atoms with Gasteiger partial charge in [-0.05, 0) is 24.3 Å². The monoisotopic (exact) mass is 226 g/mol. The zero-order valence-corrected chi connectivity index (χ0v) is 9.29. The quantitative estimate of drug-likeness (QED) is 0.740. The Morgan fingerprint density at radius 1 is 1.67 bits per heavy atom. The smallest absolute Gasteiger partial charge is 0.348 e. The summed E-state index contributed by atoms with van der Waals surface area (Å²) in [5, 5.41) is 1.87. The first-order valence-electron chi connectivity index (χ1n) is 5.18. The van der Waals surface area contributed by atoms with Crippen LogP contribution in [0.5, 0.6) is 0 Å². The lowest BCUT2D eigenvalue weighted by atomic mass is 10.2. The highest BCUT2D eigenvalue weighted by Gasteiger charge is 2.16. The van der Waals surface area contributed by atoms with Crippen molar-refractivity contribution >= 4 is 17.3 Å². The van der Waals surface area contributed by atoms with Crippen molar-refractivity contribution in [3.05, 3.63) is 22.4 Å². The fourth-order valence-corrected chi connectivity index (χ4v) is 2.24. The summed E-state index contributed by atoms with van der Waals surface area (Å²) in [7, 11) is 0. The average Bonchev–Trinajstić information content (AvgIpc) is 2.90. The zero-order chi connectivity index (χ0) is 10.5. The molecule has 2 heterocycles. The minimum Gasteiger partial charge on any atom is -0.461 e. The standard InChI is InChI=1S/C11H14O3S/c12-11(10-4-2-8-15-10)14-7-5-9-3-1-6-13-9/h2,4,8-9H,1,3,5-7H2/t9-/m1/s1. The molecule has 0 saturated carbocycles. The van der Waals surface area contributed by atoms with E-state index in [1.165, 1.54) is 11.3 Å². The van der Waals surface area contributed by atoms with Gasteiger partial charge in [-0.25, -0.2) is 4.79 Å². The Hall–Kier alpha value is -0.870. The van der Waals surface area contributed by atoms with Crippen molar-refractivity contribution in [3.8, 4) is 0 Å². The molecule has 0 aromatic carbocycles. The van der Waals surface area contributed by atoms with Crippen molar-refractivity contribution in [1.82, 2.24) is 0 Å². The fraction of sp³-hybridized carbons (Fsp3) is 0.545. The molecule has 1 saturated heterocycles. The second kappa shape index (κ2) is 5.28.